The van der Waals surface area contributed by atoms with Crippen LogP contribution in [-0.4, -0.2) is 61.5 Å². The first kappa shape index (κ1) is 16.4. The van der Waals surface area contributed by atoms with Crippen molar-refractivity contribution in [3.63, 3.8) is 0 Å². The second-order valence-electron chi connectivity index (χ2n) is 4.39. The molecule has 0 spiro atoms. The van der Waals surface area contributed by atoms with Gasteiger partial charge in [-0.1, -0.05) is 0 Å². The normalized spacial score (nSPS) is 23.0. The number of likely N-dealkylation sites (tertiary alicyclic amines) is 1. The minimum absolute atomic E-state index is 0.0777. The maximum Gasteiger partial charge on any atom is 0.327 e. The number of hydrogen-bond acceptors (Lipinski definition) is 7. The number of carbonyl (C=O) groups excluding carboxylic acids is 3. The van der Waals surface area contributed by atoms with Gasteiger partial charge < -0.3 is 15.3 Å². The maximum atomic E-state index is 11.9. The summed E-state index contributed by atoms with van der Waals surface area (Å²) in [6.07, 6.45) is -3.08. The molecule has 2 unspecified atom stereocenters. The van der Waals surface area contributed by atoms with Gasteiger partial charge in [-0.25, -0.2) is 4.79 Å². The zero-order chi connectivity index (χ0) is 16.4. The predicted octanol–water partition coefficient (Wildman–Crippen LogP) is -1.91. The average molecular weight is 302 g/mol. The van der Waals surface area contributed by atoms with E-state index in [4.69, 9.17) is 10.2 Å². The van der Waals surface area contributed by atoms with Crippen LogP contribution >= 0.6 is 0 Å². The van der Waals surface area contributed by atoms with Crippen molar-refractivity contribution in [1.29, 1.82) is 0 Å². The number of carbonyl (C=O) groups is 5. The number of amides is 3. The summed E-state index contributed by atoms with van der Waals surface area (Å²) in [4.78, 5) is 66.1. The zero-order valence-electron chi connectivity index (χ0n) is 10.4. The molecule has 0 saturated carbocycles. The number of imide groups is 1. The van der Waals surface area contributed by atoms with Crippen molar-refractivity contribution in [2.75, 3.05) is 0 Å². The molecule has 1 saturated heterocycles. The Hall–Kier alpha value is -2.69. The largest absolute Gasteiger partial charge is 0.481 e. The molecular weight excluding hydrogens is 292 g/mol. The van der Waals surface area contributed by atoms with Crippen LogP contribution in [0.1, 0.15) is 19.3 Å². The van der Waals surface area contributed by atoms with Crippen LogP contribution < -0.4 is 0 Å². The van der Waals surface area contributed by atoms with Gasteiger partial charge in [-0.2, -0.15) is 0 Å². The second-order valence-corrected chi connectivity index (χ2v) is 4.39. The summed E-state index contributed by atoms with van der Waals surface area (Å²) in [6, 6.07) is -2.03. The molecule has 0 radical (unpaired) electrons. The summed E-state index contributed by atoms with van der Waals surface area (Å²) < 4.78 is 0. The third kappa shape index (κ3) is 3.25. The fourth-order valence-electron chi connectivity index (χ4n) is 1.94. The monoisotopic (exact) mass is 302 g/mol. The minimum atomic E-state index is -2.58. The molecule has 21 heavy (non-hydrogen) atoms. The molecule has 0 aromatic heterocycles. The van der Waals surface area contributed by atoms with Gasteiger partial charge in [0.2, 0.25) is 5.91 Å². The standard InChI is InChI=1S/C10H10N2O9/c13-5(11-21)1-4(8(17)18)12-6(14)2-10(20,9(12)19)3-7(15)16/h4,20H,1-3H2,(H,15,16)(H,17,18). The fraction of sp³-hybridized carbons (Fsp3) is 0.500. The van der Waals surface area contributed by atoms with E-state index in [0.29, 0.717) is 0 Å². The highest BCUT2D eigenvalue weighted by Crippen LogP contribution is 2.30. The quantitative estimate of drug-likeness (QED) is 0.372. The van der Waals surface area contributed by atoms with Crippen molar-refractivity contribution in [1.82, 2.24) is 4.90 Å². The molecule has 1 aliphatic rings. The van der Waals surface area contributed by atoms with E-state index in [1.807, 2.05) is 5.18 Å². The molecular formula is C10H10N2O9. The van der Waals surface area contributed by atoms with Gasteiger partial charge in [0.15, 0.2) is 5.60 Å². The number of aliphatic hydroxyl groups is 1. The highest BCUT2D eigenvalue weighted by Gasteiger charge is 2.55. The Morgan fingerprint density at radius 1 is 1.29 bits per heavy atom. The molecule has 0 bridgehead atoms. The number of hydrogen-bond donors (Lipinski definition) is 3. The number of nitroso groups, excluding NO2 is 1. The van der Waals surface area contributed by atoms with E-state index in [1.165, 1.54) is 0 Å². The van der Waals surface area contributed by atoms with Crippen LogP contribution in [0.5, 0.6) is 0 Å². The van der Waals surface area contributed by atoms with Crippen LogP contribution in [0.2, 0.25) is 0 Å². The molecule has 0 aromatic rings. The van der Waals surface area contributed by atoms with Gasteiger partial charge in [-0.05, 0) is 0 Å². The van der Waals surface area contributed by atoms with Crippen molar-refractivity contribution in [3.05, 3.63) is 4.91 Å². The van der Waals surface area contributed by atoms with E-state index in [1.54, 1.807) is 0 Å². The van der Waals surface area contributed by atoms with E-state index in [9.17, 15) is 34.0 Å². The third-order valence-corrected chi connectivity index (χ3v) is 2.84. The van der Waals surface area contributed by atoms with E-state index < -0.39 is 60.6 Å². The Bertz CT molecular complexity index is 543. The Balaban J connectivity index is 3.10. The van der Waals surface area contributed by atoms with Crippen LogP contribution in [0.3, 0.4) is 0 Å². The van der Waals surface area contributed by atoms with Gasteiger partial charge in [0.25, 0.3) is 11.8 Å². The van der Waals surface area contributed by atoms with Crippen molar-refractivity contribution in [2.24, 2.45) is 5.18 Å². The summed E-state index contributed by atoms with van der Waals surface area (Å²) in [5.41, 5.74) is -2.58. The summed E-state index contributed by atoms with van der Waals surface area (Å²) in [5, 5.41) is 29.3. The maximum absolute atomic E-state index is 11.9. The lowest BCUT2D eigenvalue weighted by Crippen LogP contribution is -2.49. The number of carboxylic acids is 2. The second kappa shape index (κ2) is 5.75. The molecule has 2 atom stereocenters. The smallest absolute Gasteiger partial charge is 0.327 e. The Morgan fingerprint density at radius 3 is 2.29 bits per heavy atom. The number of aliphatic carboxylic acids is 2. The lowest BCUT2D eigenvalue weighted by atomic mass is 9.98. The lowest BCUT2D eigenvalue weighted by Gasteiger charge is -2.23. The fourth-order valence-corrected chi connectivity index (χ4v) is 1.94. The summed E-state index contributed by atoms with van der Waals surface area (Å²) in [7, 11) is 0. The van der Waals surface area contributed by atoms with Crippen LogP contribution in [0.15, 0.2) is 5.18 Å². The molecule has 0 aromatic carbocycles. The molecule has 11 nitrogen and oxygen atoms in total. The number of carboxylic acid groups (broad SMARTS) is 2. The average Bonchev–Trinajstić information content (AvgIpc) is 2.55. The molecule has 1 rings (SSSR count). The molecule has 1 aliphatic heterocycles. The molecule has 0 aliphatic carbocycles. The Labute approximate surface area is 116 Å². The Morgan fingerprint density at radius 2 is 1.86 bits per heavy atom. The van der Waals surface area contributed by atoms with Crippen molar-refractivity contribution >= 4 is 29.7 Å². The highest BCUT2D eigenvalue weighted by molar-refractivity contribution is 6.11. The Kier molecular flexibility index (Phi) is 4.48. The van der Waals surface area contributed by atoms with Gasteiger partial charge in [0.05, 0.1) is 19.3 Å². The molecule has 3 N–H and O–H groups in total. The predicted molar refractivity (Wildman–Crippen MR) is 60.5 cm³/mol. The van der Waals surface area contributed by atoms with Crippen molar-refractivity contribution in [3.8, 4) is 0 Å². The van der Waals surface area contributed by atoms with E-state index in [0.717, 1.165) is 0 Å². The SMILES string of the molecule is O=NC(=O)CC(C(=O)O)N1C(=O)CC(O)(CC(=O)O)C1=O. The van der Waals surface area contributed by atoms with Crippen LogP contribution in [-0.2, 0) is 24.0 Å². The topological polar surface area (TPSA) is 179 Å². The summed E-state index contributed by atoms with van der Waals surface area (Å²) >= 11 is 0. The van der Waals surface area contributed by atoms with Gasteiger partial charge in [0.1, 0.15) is 6.04 Å². The van der Waals surface area contributed by atoms with E-state index >= 15 is 0 Å². The first-order valence-corrected chi connectivity index (χ1v) is 5.52. The van der Waals surface area contributed by atoms with Gasteiger partial charge in [-0.15, -0.1) is 4.91 Å². The van der Waals surface area contributed by atoms with Crippen LogP contribution in [0.25, 0.3) is 0 Å². The van der Waals surface area contributed by atoms with Crippen LogP contribution in [0.4, 0.5) is 0 Å². The zero-order valence-corrected chi connectivity index (χ0v) is 10.4. The van der Waals surface area contributed by atoms with E-state index in [-0.39, 0.29) is 4.90 Å². The van der Waals surface area contributed by atoms with E-state index in [2.05, 4.69) is 0 Å². The molecule has 1 heterocycles. The minimum Gasteiger partial charge on any atom is -0.481 e. The first-order valence-electron chi connectivity index (χ1n) is 5.52. The first-order chi connectivity index (χ1) is 9.62. The summed E-state index contributed by atoms with van der Waals surface area (Å²) in [6.45, 7) is 0. The van der Waals surface area contributed by atoms with Crippen LogP contribution in [0, 0.1) is 4.91 Å². The molecule has 1 fully saturated rings. The summed E-state index contributed by atoms with van der Waals surface area (Å²) in [5.74, 6) is -7.35. The highest BCUT2D eigenvalue weighted by atomic mass is 16.4. The molecule has 114 valence electrons. The van der Waals surface area contributed by atoms with Crippen molar-refractivity contribution < 1.29 is 39.3 Å². The molecule has 11 heteroatoms. The number of rotatable bonds is 6. The van der Waals surface area contributed by atoms with Gasteiger partial charge in [-0.3, -0.25) is 24.1 Å². The number of nitrogens with zero attached hydrogens (tertiary/aromatic N) is 2. The van der Waals surface area contributed by atoms with Gasteiger partial charge >= 0.3 is 11.9 Å². The third-order valence-electron chi connectivity index (χ3n) is 2.84. The van der Waals surface area contributed by atoms with Gasteiger partial charge in [0, 0.05) is 5.18 Å². The lowest BCUT2D eigenvalue weighted by molar-refractivity contribution is -0.160. The van der Waals surface area contributed by atoms with Crippen molar-refractivity contribution in [2.45, 2.75) is 30.9 Å². The molecule has 3 amide bonds.